The van der Waals surface area contributed by atoms with Gasteiger partial charge in [0.2, 0.25) is 0 Å². The maximum atomic E-state index is 6.50. The monoisotopic (exact) mass is 272 g/mol. The molecule has 2 fully saturated rings. The highest BCUT2D eigenvalue weighted by Gasteiger charge is 2.36. The molecule has 0 bridgehead atoms. The van der Waals surface area contributed by atoms with Crippen LogP contribution in [0, 0.1) is 0 Å². The Morgan fingerprint density at radius 2 is 1.80 bits per heavy atom. The van der Waals surface area contributed by atoms with E-state index in [-0.39, 0.29) is 11.6 Å². The van der Waals surface area contributed by atoms with Crippen LogP contribution in [0.25, 0.3) is 0 Å². The van der Waals surface area contributed by atoms with Crippen LogP contribution >= 0.6 is 0 Å². The minimum atomic E-state index is 0.179. The average molecular weight is 272 g/mol. The second kappa shape index (κ2) is 5.16. The van der Waals surface area contributed by atoms with Crippen molar-refractivity contribution in [3.63, 3.8) is 0 Å². The number of likely N-dealkylation sites (tertiary alicyclic amines) is 1. The number of piperidine rings is 1. The van der Waals surface area contributed by atoms with Gasteiger partial charge < -0.3 is 5.73 Å². The summed E-state index contributed by atoms with van der Waals surface area (Å²) < 4.78 is 0. The molecule has 2 unspecified atom stereocenters. The minimum absolute atomic E-state index is 0.179. The third kappa shape index (κ3) is 2.77. The second-order valence-electron chi connectivity index (χ2n) is 7.56. The van der Waals surface area contributed by atoms with Gasteiger partial charge in [0.25, 0.3) is 0 Å². The summed E-state index contributed by atoms with van der Waals surface area (Å²) in [5.41, 5.74) is 9.63. The van der Waals surface area contributed by atoms with Crippen LogP contribution in [0.15, 0.2) is 24.3 Å². The third-order valence-corrected chi connectivity index (χ3v) is 4.84. The van der Waals surface area contributed by atoms with Crippen molar-refractivity contribution in [1.29, 1.82) is 0 Å². The number of rotatable bonds is 2. The summed E-state index contributed by atoms with van der Waals surface area (Å²) in [6.45, 7) is 8.09. The molecule has 2 nitrogen and oxygen atoms in total. The van der Waals surface area contributed by atoms with Gasteiger partial charge in [0.05, 0.1) is 6.04 Å². The maximum absolute atomic E-state index is 6.50. The lowest BCUT2D eigenvalue weighted by atomic mass is 9.86. The van der Waals surface area contributed by atoms with Crippen LogP contribution in [0.3, 0.4) is 0 Å². The number of nitrogens with two attached hydrogens (primary N) is 1. The van der Waals surface area contributed by atoms with E-state index in [0.29, 0.717) is 6.04 Å². The van der Waals surface area contributed by atoms with Gasteiger partial charge in [0.15, 0.2) is 0 Å². The fraction of sp³-hybridized carbons (Fsp3) is 0.667. The summed E-state index contributed by atoms with van der Waals surface area (Å²) in [7, 11) is 0. The Balaban J connectivity index is 1.93. The first-order valence-electron chi connectivity index (χ1n) is 8.09. The van der Waals surface area contributed by atoms with E-state index < -0.39 is 0 Å². The highest BCUT2D eigenvalue weighted by Crippen LogP contribution is 2.42. The van der Waals surface area contributed by atoms with Gasteiger partial charge in [-0.2, -0.15) is 0 Å². The molecule has 0 aromatic heterocycles. The maximum Gasteiger partial charge on any atom is 0.0504 e. The molecular formula is C18H28N2. The van der Waals surface area contributed by atoms with Crippen molar-refractivity contribution in [3.8, 4) is 0 Å². The zero-order chi connectivity index (χ0) is 14.3. The first kappa shape index (κ1) is 14.1. The van der Waals surface area contributed by atoms with Crippen LogP contribution in [-0.4, -0.2) is 23.0 Å². The molecule has 1 aromatic carbocycles. The van der Waals surface area contributed by atoms with E-state index in [1.165, 1.54) is 30.4 Å². The minimum Gasteiger partial charge on any atom is -0.326 e. The molecule has 1 saturated carbocycles. The fourth-order valence-corrected chi connectivity index (χ4v) is 3.62. The van der Waals surface area contributed by atoms with E-state index in [9.17, 15) is 0 Å². The van der Waals surface area contributed by atoms with Crippen molar-refractivity contribution in [2.45, 2.75) is 70.0 Å². The van der Waals surface area contributed by atoms with E-state index >= 15 is 0 Å². The molecule has 3 rings (SSSR count). The number of hydrogen-bond acceptors (Lipinski definition) is 2. The molecule has 0 spiro atoms. The normalized spacial score (nSPS) is 28.6. The van der Waals surface area contributed by atoms with Gasteiger partial charge in [-0.1, -0.05) is 24.3 Å². The summed E-state index contributed by atoms with van der Waals surface area (Å²) in [6.07, 6.45) is 5.09. The molecule has 0 amide bonds. The van der Waals surface area contributed by atoms with Crippen LogP contribution < -0.4 is 5.73 Å². The largest absolute Gasteiger partial charge is 0.326 e. The Bertz CT molecular complexity index is 471. The third-order valence-electron chi connectivity index (χ3n) is 4.84. The molecule has 2 atom stereocenters. The van der Waals surface area contributed by atoms with Gasteiger partial charge in [0, 0.05) is 11.6 Å². The van der Waals surface area contributed by atoms with Crippen molar-refractivity contribution >= 4 is 0 Å². The standard InChI is InChI=1S/C18H28N2/c1-18(2,3)20-11-5-8-16(19)17(20)15-7-4-6-14(12-15)13-9-10-13/h4,6-7,12-13,16-17H,5,8-11,19H2,1-3H3. The molecule has 2 aliphatic rings. The first-order valence-corrected chi connectivity index (χ1v) is 8.09. The van der Waals surface area contributed by atoms with E-state index in [2.05, 4.69) is 49.9 Å². The Morgan fingerprint density at radius 1 is 1.10 bits per heavy atom. The molecule has 1 saturated heterocycles. The number of hydrogen-bond donors (Lipinski definition) is 1. The molecule has 1 heterocycles. The molecular weight excluding hydrogens is 244 g/mol. The molecule has 2 N–H and O–H groups in total. The lowest BCUT2D eigenvalue weighted by molar-refractivity contribution is 0.0384. The average Bonchev–Trinajstić information content (AvgIpc) is 3.22. The van der Waals surface area contributed by atoms with E-state index in [4.69, 9.17) is 5.73 Å². The van der Waals surface area contributed by atoms with E-state index in [1.54, 1.807) is 0 Å². The summed E-state index contributed by atoms with van der Waals surface area (Å²) in [5.74, 6) is 0.817. The summed E-state index contributed by atoms with van der Waals surface area (Å²) >= 11 is 0. The summed E-state index contributed by atoms with van der Waals surface area (Å²) in [4.78, 5) is 2.60. The van der Waals surface area contributed by atoms with Gasteiger partial charge in [-0.05, 0) is 70.0 Å². The molecule has 110 valence electrons. The quantitative estimate of drug-likeness (QED) is 0.886. The van der Waals surface area contributed by atoms with Gasteiger partial charge in [-0.25, -0.2) is 0 Å². The summed E-state index contributed by atoms with van der Waals surface area (Å²) in [6, 6.07) is 9.86. The fourth-order valence-electron chi connectivity index (χ4n) is 3.62. The Hall–Kier alpha value is -0.860. The van der Waals surface area contributed by atoms with Gasteiger partial charge in [-0.15, -0.1) is 0 Å². The highest BCUT2D eigenvalue weighted by atomic mass is 15.2. The number of benzene rings is 1. The van der Waals surface area contributed by atoms with Crippen molar-refractivity contribution in [1.82, 2.24) is 4.90 Å². The topological polar surface area (TPSA) is 29.3 Å². The Kier molecular flexibility index (Phi) is 3.64. The molecule has 2 heteroatoms. The zero-order valence-corrected chi connectivity index (χ0v) is 13.1. The molecule has 20 heavy (non-hydrogen) atoms. The van der Waals surface area contributed by atoms with Crippen LogP contribution in [0.2, 0.25) is 0 Å². The molecule has 1 aliphatic carbocycles. The molecule has 1 aliphatic heterocycles. The van der Waals surface area contributed by atoms with Crippen molar-refractivity contribution in [2.24, 2.45) is 5.73 Å². The predicted octanol–water partition coefficient (Wildman–Crippen LogP) is 3.83. The Labute approximate surface area is 123 Å². The van der Waals surface area contributed by atoms with Crippen molar-refractivity contribution in [3.05, 3.63) is 35.4 Å². The summed E-state index contributed by atoms with van der Waals surface area (Å²) in [5, 5.41) is 0. The van der Waals surface area contributed by atoms with Gasteiger partial charge >= 0.3 is 0 Å². The van der Waals surface area contributed by atoms with Crippen LogP contribution in [0.5, 0.6) is 0 Å². The smallest absolute Gasteiger partial charge is 0.0504 e. The van der Waals surface area contributed by atoms with E-state index in [0.717, 1.165) is 18.9 Å². The van der Waals surface area contributed by atoms with E-state index in [1.807, 2.05) is 0 Å². The zero-order valence-electron chi connectivity index (χ0n) is 13.1. The molecule has 0 radical (unpaired) electrons. The van der Waals surface area contributed by atoms with Gasteiger partial charge in [0.1, 0.15) is 0 Å². The first-order chi connectivity index (χ1) is 9.47. The van der Waals surface area contributed by atoms with Crippen molar-refractivity contribution in [2.75, 3.05) is 6.54 Å². The van der Waals surface area contributed by atoms with Crippen LogP contribution in [-0.2, 0) is 0 Å². The Morgan fingerprint density at radius 3 is 2.45 bits per heavy atom. The second-order valence-corrected chi connectivity index (χ2v) is 7.56. The van der Waals surface area contributed by atoms with Gasteiger partial charge in [-0.3, -0.25) is 4.90 Å². The molecule has 1 aromatic rings. The highest BCUT2D eigenvalue weighted by molar-refractivity contribution is 5.32. The van der Waals surface area contributed by atoms with Crippen LogP contribution in [0.4, 0.5) is 0 Å². The lowest BCUT2D eigenvalue weighted by Gasteiger charge is -2.47. The van der Waals surface area contributed by atoms with Crippen LogP contribution in [0.1, 0.15) is 69.5 Å². The number of nitrogens with zero attached hydrogens (tertiary/aromatic N) is 1. The SMILES string of the molecule is CC(C)(C)N1CCCC(N)C1c1cccc(C2CC2)c1. The lowest BCUT2D eigenvalue weighted by Crippen LogP contribution is -2.53. The predicted molar refractivity (Wildman–Crippen MR) is 84.8 cm³/mol. The van der Waals surface area contributed by atoms with Crippen molar-refractivity contribution < 1.29 is 0 Å².